The van der Waals surface area contributed by atoms with Crippen LogP contribution in [0, 0.1) is 0 Å². The summed E-state index contributed by atoms with van der Waals surface area (Å²) >= 11 is 0. The number of aromatic nitrogens is 2. The third kappa shape index (κ3) is 1.64. The van der Waals surface area contributed by atoms with E-state index in [1.807, 2.05) is 12.3 Å². The van der Waals surface area contributed by atoms with Crippen LogP contribution in [0.2, 0.25) is 0 Å². The molecular weight excluding hydrogens is 224 g/mol. The Balaban J connectivity index is 2.20. The number of fused-ring (bicyclic) bond motifs is 1. The van der Waals surface area contributed by atoms with E-state index in [1.165, 1.54) is 29.4 Å². The van der Waals surface area contributed by atoms with Gasteiger partial charge in [0.2, 0.25) is 0 Å². The van der Waals surface area contributed by atoms with Gasteiger partial charge in [0.05, 0.1) is 23.1 Å². The Morgan fingerprint density at radius 3 is 2.61 bits per heavy atom. The number of nitrogen functional groups attached to an aromatic ring is 1. The standard InChI is InChI=1S/C14H20N4/c1-10(2)18-13-6-5-12(15)14(11(13)9-16-18)17-7-3-4-8-17/h5-6,9-10H,3-4,7-8,15H2,1-2H3. The SMILES string of the molecule is CC(C)n1ncc2c(N3CCCC3)c(N)ccc21. The van der Waals surface area contributed by atoms with Crippen LogP contribution in [0.5, 0.6) is 0 Å². The average molecular weight is 244 g/mol. The number of nitrogens with zero attached hydrogens (tertiary/aromatic N) is 3. The van der Waals surface area contributed by atoms with Crippen LogP contribution in [-0.2, 0) is 0 Å². The molecule has 2 heterocycles. The summed E-state index contributed by atoms with van der Waals surface area (Å²) in [5, 5.41) is 5.69. The fraction of sp³-hybridized carbons (Fsp3) is 0.500. The van der Waals surface area contributed by atoms with Gasteiger partial charge in [-0.2, -0.15) is 5.10 Å². The number of hydrogen-bond acceptors (Lipinski definition) is 3. The van der Waals surface area contributed by atoms with Gasteiger partial charge in [0.1, 0.15) is 0 Å². The summed E-state index contributed by atoms with van der Waals surface area (Å²) in [6.07, 6.45) is 4.47. The number of nitrogens with two attached hydrogens (primary N) is 1. The fourth-order valence-corrected chi connectivity index (χ4v) is 2.83. The molecule has 0 atom stereocenters. The van der Waals surface area contributed by atoms with Gasteiger partial charge in [0.15, 0.2) is 0 Å². The molecule has 1 aromatic carbocycles. The van der Waals surface area contributed by atoms with E-state index in [9.17, 15) is 0 Å². The molecule has 3 rings (SSSR count). The summed E-state index contributed by atoms with van der Waals surface area (Å²) in [5.74, 6) is 0. The van der Waals surface area contributed by atoms with Crippen molar-refractivity contribution in [3.8, 4) is 0 Å². The van der Waals surface area contributed by atoms with Gasteiger partial charge < -0.3 is 10.6 Å². The molecule has 18 heavy (non-hydrogen) atoms. The largest absolute Gasteiger partial charge is 0.397 e. The predicted octanol–water partition coefficient (Wildman–Crippen LogP) is 2.80. The second kappa shape index (κ2) is 4.19. The van der Waals surface area contributed by atoms with Crippen LogP contribution in [0.25, 0.3) is 10.9 Å². The molecule has 0 saturated carbocycles. The zero-order valence-electron chi connectivity index (χ0n) is 11.1. The fourth-order valence-electron chi connectivity index (χ4n) is 2.83. The Bertz CT molecular complexity index is 564. The van der Waals surface area contributed by atoms with Crippen LogP contribution in [0.3, 0.4) is 0 Å². The molecule has 96 valence electrons. The van der Waals surface area contributed by atoms with E-state index >= 15 is 0 Å². The van der Waals surface area contributed by atoms with Crippen LogP contribution in [0.1, 0.15) is 32.7 Å². The van der Waals surface area contributed by atoms with Gasteiger partial charge in [0.25, 0.3) is 0 Å². The monoisotopic (exact) mass is 244 g/mol. The summed E-state index contributed by atoms with van der Waals surface area (Å²) in [4.78, 5) is 2.39. The van der Waals surface area contributed by atoms with E-state index < -0.39 is 0 Å². The molecule has 1 aliphatic rings. The lowest BCUT2D eigenvalue weighted by atomic mass is 10.1. The third-order valence-electron chi connectivity index (χ3n) is 3.69. The van der Waals surface area contributed by atoms with Gasteiger partial charge in [-0.25, -0.2) is 0 Å². The second-order valence-corrected chi connectivity index (χ2v) is 5.31. The molecule has 1 saturated heterocycles. The molecular formula is C14H20N4. The number of anilines is 2. The topological polar surface area (TPSA) is 47.1 Å². The molecule has 4 heteroatoms. The quantitative estimate of drug-likeness (QED) is 0.826. The summed E-state index contributed by atoms with van der Waals surface area (Å²) in [7, 11) is 0. The van der Waals surface area contributed by atoms with E-state index in [0.29, 0.717) is 6.04 Å². The van der Waals surface area contributed by atoms with Crippen LogP contribution in [0.15, 0.2) is 18.3 Å². The molecule has 2 N–H and O–H groups in total. The Morgan fingerprint density at radius 1 is 1.22 bits per heavy atom. The van der Waals surface area contributed by atoms with E-state index in [-0.39, 0.29) is 0 Å². The molecule has 1 aromatic heterocycles. The smallest absolute Gasteiger partial charge is 0.0711 e. The van der Waals surface area contributed by atoms with Gasteiger partial charge in [-0.15, -0.1) is 0 Å². The Morgan fingerprint density at radius 2 is 1.94 bits per heavy atom. The van der Waals surface area contributed by atoms with Crippen LogP contribution in [0.4, 0.5) is 11.4 Å². The normalized spacial score (nSPS) is 16.1. The third-order valence-corrected chi connectivity index (χ3v) is 3.69. The van der Waals surface area contributed by atoms with Crippen molar-refractivity contribution in [1.29, 1.82) is 0 Å². The van der Waals surface area contributed by atoms with Crippen molar-refractivity contribution in [3.63, 3.8) is 0 Å². The van der Waals surface area contributed by atoms with Gasteiger partial charge >= 0.3 is 0 Å². The lowest BCUT2D eigenvalue weighted by Gasteiger charge is -2.21. The summed E-state index contributed by atoms with van der Waals surface area (Å²) in [5.41, 5.74) is 9.40. The first kappa shape index (κ1) is 11.4. The lowest BCUT2D eigenvalue weighted by Crippen LogP contribution is -2.19. The van der Waals surface area contributed by atoms with Crippen LogP contribution < -0.4 is 10.6 Å². The van der Waals surface area contributed by atoms with E-state index in [2.05, 4.69) is 34.6 Å². The summed E-state index contributed by atoms with van der Waals surface area (Å²) in [6, 6.07) is 4.46. The molecule has 0 bridgehead atoms. The van der Waals surface area contributed by atoms with Crippen LogP contribution in [-0.4, -0.2) is 22.9 Å². The van der Waals surface area contributed by atoms with E-state index in [0.717, 1.165) is 18.8 Å². The zero-order chi connectivity index (χ0) is 12.7. The Kier molecular flexibility index (Phi) is 2.65. The van der Waals surface area contributed by atoms with Crippen molar-refractivity contribution in [3.05, 3.63) is 18.3 Å². The molecule has 2 aromatic rings. The molecule has 0 radical (unpaired) electrons. The molecule has 1 fully saturated rings. The highest BCUT2D eigenvalue weighted by molar-refractivity contribution is 5.98. The average Bonchev–Trinajstić information content (AvgIpc) is 2.96. The van der Waals surface area contributed by atoms with Crippen LogP contribution >= 0.6 is 0 Å². The number of hydrogen-bond donors (Lipinski definition) is 1. The van der Waals surface area contributed by atoms with Crippen molar-refractivity contribution < 1.29 is 0 Å². The minimum absolute atomic E-state index is 0.373. The molecule has 4 nitrogen and oxygen atoms in total. The van der Waals surface area contributed by atoms with Gasteiger partial charge in [-0.3, -0.25) is 4.68 Å². The van der Waals surface area contributed by atoms with Crippen molar-refractivity contribution in [2.45, 2.75) is 32.7 Å². The summed E-state index contributed by atoms with van der Waals surface area (Å²) in [6.45, 7) is 6.52. The highest BCUT2D eigenvalue weighted by atomic mass is 15.3. The number of benzene rings is 1. The highest BCUT2D eigenvalue weighted by Gasteiger charge is 2.19. The van der Waals surface area contributed by atoms with E-state index in [4.69, 9.17) is 5.73 Å². The van der Waals surface area contributed by atoms with Gasteiger partial charge in [-0.05, 0) is 38.8 Å². The Labute approximate surface area is 107 Å². The molecule has 0 spiro atoms. The van der Waals surface area contributed by atoms with Gasteiger partial charge in [-0.1, -0.05) is 0 Å². The first-order valence-corrected chi connectivity index (χ1v) is 6.69. The number of rotatable bonds is 2. The lowest BCUT2D eigenvalue weighted by molar-refractivity contribution is 0.551. The first-order chi connectivity index (χ1) is 8.68. The molecule has 0 amide bonds. The van der Waals surface area contributed by atoms with Crippen molar-refractivity contribution >= 4 is 22.3 Å². The maximum atomic E-state index is 6.17. The van der Waals surface area contributed by atoms with Crippen molar-refractivity contribution in [2.24, 2.45) is 0 Å². The minimum atomic E-state index is 0.373. The van der Waals surface area contributed by atoms with Crippen molar-refractivity contribution in [2.75, 3.05) is 23.7 Å². The molecule has 0 aliphatic carbocycles. The van der Waals surface area contributed by atoms with E-state index in [1.54, 1.807) is 0 Å². The van der Waals surface area contributed by atoms with Crippen molar-refractivity contribution in [1.82, 2.24) is 9.78 Å². The first-order valence-electron chi connectivity index (χ1n) is 6.69. The second-order valence-electron chi connectivity index (χ2n) is 5.31. The molecule has 1 aliphatic heterocycles. The maximum Gasteiger partial charge on any atom is 0.0711 e. The van der Waals surface area contributed by atoms with Gasteiger partial charge in [0, 0.05) is 24.5 Å². The zero-order valence-corrected chi connectivity index (χ0v) is 11.1. The minimum Gasteiger partial charge on any atom is -0.397 e. The summed E-state index contributed by atoms with van der Waals surface area (Å²) < 4.78 is 2.06. The predicted molar refractivity (Wildman–Crippen MR) is 76.0 cm³/mol. The maximum absolute atomic E-state index is 6.17. The highest BCUT2D eigenvalue weighted by Crippen LogP contribution is 2.35. The Hall–Kier alpha value is -1.71. The molecule has 0 unspecified atom stereocenters.